The zero-order valence-corrected chi connectivity index (χ0v) is 19.4. The Morgan fingerprint density at radius 3 is 2.62 bits per heavy atom. The summed E-state index contributed by atoms with van der Waals surface area (Å²) >= 11 is 0. The first-order valence-electron chi connectivity index (χ1n) is 11.7. The van der Waals surface area contributed by atoms with Gasteiger partial charge in [-0.05, 0) is 60.2 Å². The number of hydrogen-bond acceptors (Lipinski definition) is 4. The van der Waals surface area contributed by atoms with E-state index in [0.717, 1.165) is 56.8 Å². The van der Waals surface area contributed by atoms with E-state index >= 15 is 0 Å². The third-order valence-electron chi connectivity index (χ3n) is 6.48. The second-order valence-corrected chi connectivity index (χ2v) is 8.80. The topological polar surface area (TPSA) is 79.6 Å². The molecule has 0 aliphatic heterocycles. The van der Waals surface area contributed by atoms with Crippen LogP contribution in [0.5, 0.6) is 0 Å². The van der Waals surface area contributed by atoms with E-state index in [0.29, 0.717) is 5.92 Å². The molecule has 4 aromatic rings. The quantitative estimate of drug-likeness (QED) is 0.230. The predicted octanol–water partition coefficient (Wildman–Crippen LogP) is 6.55. The van der Waals surface area contributed by atoms with Gasteiger partial charge >= 0.3 is 0 Å². The summed E-state index contributed by atoms with van der Waals surface area (Å²) in [4.78, 5) is 12.1. The van der Waals surface area contributed by atoms with Crippen LogP contribution in [0.1, 0.15) is 43.4 Å². The number of anilines is 2. The number of aromatic amines is 1. The zero-order valence-electron chi connectivity index (χ0n) is 19.4. The Hall–Kier alpha value is -4.04. The molecular weight excluding hydrogens is 418 g/mol. The van der Waals surface area contributed by atoms with Crippen LogP contribution in [0.2, 0.25) is 0 Å². The van der Waals surface area contributed by atoms with E-state index in [4.69, 9.17) is 5.73 Å². The number of aromatic nitrogens is 3. The van der Waals surface area contributed by atoms with Crippen LogP contribution < -0.4 is 11.1 Å². The molecular formula is C29H31N5. The highest BCUT2D eigenvalue weighted by atomic mass is 14.9. The Morgan fingerprint density at radius 2 is 1.82 bits per heavy atom. The molecule has 5 heteroatoms. The van der Waals surface area contributed by atoms with Crippen molar-refractivity contribution in [1.82, 2.24) is 15.0 Å². The SMILES string of the molecule is C#C.C=C(Nc1cncc(-c2ccc(N)c(Cc3cc4cnccc4[nH]3)c2)c1)C1CCCCC1. The van der Waals surface area contributed by atoms with Gasteiger partial charge in [0.1, 0.15) is 0 Å². The average molecular weight is 450 g/mol. The van der Waals surface area contributed by atoms with Gasteiger partial charge in [0.05, 0.1) is 11.9 Å². The summed E-state index contributed by atoms with van der Waals surface area (Å²) in [6.07, 6.45) is 22.6. The Labute approximate surface area is 201 Å². The molecule has 1 saturated carbocycles. The summed E-state index contributed by atoms with van der Waals surface area (Å²) in [5.41, 5.74) is 14.7. The minimum absolute atomic E-state index is 0.557. The fraction of sp³-hybridized carbons (Fsp3) is 0.241. The highest BCUT2D eigenvalue weighted by Crippen LogP contribution is 2.31. The Balaban J connectivity index is 0.00000133. The molecule has 4 N–H and O–H groups in total. The number of pyridine rings is 2. The Kier molecular flexibility index (Phi) is 7.29. The molecule has 0 saturated heterocycles. The first kappa shape index (κ1) is 23.1. The first-order chi connectivity index (χ1) is 16.7. The molecule has 1 fully saturated rings. The van der Waals surface area contributed by atoms with Gasteiger partial charge in [-0.25, -0.2) is 0 Å². The summed E-state index contributed by atoms with van der Waals surface area (Å²) in [7, 11) is 0. The lowest BCUT2D eigenvalue weighted by atomic mass is 9.87. The normalized spacial score (nSPS) is 13.7. The van der Waals surface area contributed by atoms with E-state index in [9.17, 15) is 0 Å². The number of H-pyrrole nitrogens is 1. The fourth-order valence-electron chi connectivity index (χ4n) is 4.68. The number of allylic oxidation sites excluding steroid dienone is 1. The van der Waals surface area contributed by atoms with Crippen LogP contribution in [0.25, 0.3) is 22.0 Å². The Morgan fingerprint density at radius 1 is 1.00 bits per heavy atom. The van der Waals surface area contributed by atoms with Crippen LogP contribution in [0.3, 0.4) is 0 Å². The van der Waals surface area contributed by atoms with E-state index in [-0.39, 0.29) is 0 Å². The summed E-state index contributed by atoms with van der Waals surface area (Å²) < 4.78 is 0. The van der Waals surface area contributed by atoms with Gasteiger partial charge in [0.2, 0.25) is 0 Å². The largest absolute Gasteiger partial charge is 0.398 e. The molecule has 0 unspecified atom stereocenters. The maximum absolute atomic E-state index is 6.32. The van der Waals surface area contributed by atoms with Gasteiger partial charge < -0.3 is 16.0 Å². The van der Waals surface area contributed by atoms with Crippen molar-refractivity contribution in [2.24, 2.45) is 5.92 Å². The van der Waals surface area contributed by atoms with Crippen molar-refractivity contribution in [1.29, 1.82) is 0 Å². The van der Waals surface area contributed by atoms with Gasteiger partial charge in [0.15, 0.2) is 0 Å². The molecule has 0 spiro atoms. The molecule has 0 bridgehead atoms. The van der Waals surface area contributed by atoms with Crippen molar-refractivity contribution in [2.75, 3.05) is 11.1 Å². The van der Waals surface area contributed by atoms with Crippen LogP contribution in [-0.4, -0.2) is 15.0 Å². The third kappa shape index (κ3) is 5.29. The molecule has 3 aromatic heterocycles. The van der Waals surface area contributed by atoms with Crippen LogP contribution >= 0.6 is 0 Å². The van der Waals surface area contributed by atoms with Crippen LogP contribution in [-0.2, 0) is 6.42 Å². The van der Waals surface area contributed by atoms with Crippen LogP contribution in [0.4, 0.5) is 11.4 Å². The van der Waals surface area contributed by atoms with Gasteiger partial charge in [-0.15, -0.1) is 12.8 Å². The van der Waals surface area contributed by atoms with Crippen molar-refractivity contribution >= 4 is 22.3 Å². The summed E-state index contributed by atoms with van der Waals surface area (Å²) in [6, 6.07) is 12.5. The fourth-order valence-corrected chi connectivity index (χ4v) is 4.68. The third-order valence-corrected chi connectivity index (χ3v) is 6.48. The molecule has 3 heterocycles. The smallest absolute Gasteiger partial charge is 0.0574 e. The summed E-state index contributed by atoms with van der Waals surface area (Å²) in [6.45, 7) is 4.30. The van der Waals surface area contributed by atoms with E-state index in [2.05, 4.69) is 64.0 Å². The predicted molar refractivity (Wildman–Crippen MR) is 142 cm³/mol. The van der Waals surface area contributed by atoms with E-state index < -0.39 is 0 Å². The van der Waals surface area contributed by atoms with Crippen molar-refractivity contribution in [3.8, 4) is 24.0 Å². The lowest BCUT2D eigenvalue weighted by Crippen LogP contribution is -2.14. The van der Waals surface area contributed by atoms with E-state index in [1.165, 1.54) is 32.1 Å². The van der Waals surface area contributed by atoms with Gasteiger partial charge in [-0.1, -0.05) is 31.9 Å². The molecule has 0 amide bonds. The highest BCUT2D eigenvalue weighted by Gasteiger charge is 2.16. The molecule has 5 rings (SSSR count). The number of nitrogens with one attached hydrogen (secondary N) is 2. The molecule has 172 valence electrons. The van der Waals surface area contributed by atoms with Crippen molar-refractivity contribution in [3.63, 3.8) is 0 Å². The second-order valence-electron chi connectivity index (χ2n) is 8.80. The first-order valence-corrected chi connectivity index (χ1v) is 11.7. The molecule has 0 atom stereocenters. The van der Waals surface area contributed by atoms with E-state index in [1.54, 1.807) is 6.20 Å². The van der Waals surface area contributed by atoms with Crippen molar-refractivity contribution < 1.29 is 0 Å². The lowest BCUT2D eigenvalue weighted by molar-refractivity contribution is 0.405. The van der Waals surface area contributed by atoms with Crippen molar-refractivity contribution in [2.45, 2.75) is 38.5 Å². The van der Waals surface area contributed by atoms with Gasteiger partial charge in [-0.3, -0.25) is 9.97 Å². The number of nitrogens with two attached hydrogens (primary N) is 1. The maximum atomic E-state index is 6.32. The summed E-state index contributed by atoms with van der Waals surface area (Å²) in [5, 5.41) is 4.62. The van der Waals surface area contributed by atoms with Gasteiger partial charge in [-0.2, -0.15) is 0 Å². The van der Waals surface area contributed by atoms with Crippen molar-refractivity contribution in [3.05, 3.63) is 84.7 Å². The molecule has 5 nitrogen and oxygen atoms in total. The molecule has 0 radical (unpaired) electrons. The molecule has 1 aromatic carbocycles. The second kappa shape index (κ2) is 10.7. The number of nitrogens with zero attached hydrogens (tertiary/aromatic N) is 2. The molecule has 1 aliphatic rings. The standard InChI is InChI=1S/C27H29N5.C2H2/c1-18(19-5-3-2-4-6-19)31-25-13-22(15-30-17-25)20-7-8-26(28)21(11-20)12-24-14-23-16-29-10-9-27(23)32-24;1-2/h7-11,13-17,19,31-32H,1-6,12,28H2;1-2H. The number of hydrogen-bond donors (Lipinski definition) is 3. The number of nitrogen functional groups attached to an aromatic ring is 1. The minimum atomic E-state index is 0.557. The number of benzene rings is 1. The number of rotatable bonds is 6. The Bertz CT molecular complexity index is 1260. The lowest BCUT2D eigenvalue weighted by Gasteiger charge is -2.24. The average Bonchev–Trinajstić information content (AvgIpc) is 3.30. The van der Waals surface area contributed by atoms with E-state index in [1.807, 2.05) is 30.7 Å². The maximum Gasteiger partial charge on any atom is 0.0574 e. The highest BCUT2D eigenvalue weighted by molar-refractivity contribution is 5.79. The van der Waals surface area contributed by atoms with Gasteiger partial charge in [0, 0.05) is 58.6 Å². The summed E-state index contributed by atoms with van der Waals surface area (Å²) in [5.74, 6) is 0.557. The van der Waals surface area contributed by atoms with Crippen LogP contribution in [0.15, 0.2) is 73.5 Å². The molecule has 34 heavy (non-hydrogen) atoms. The number of terminal acetylenes is 1. The van der Waals surface area contributed by atoms with Crippen LogP contribution in [0, 0.1) is 18.8 Å². The zero-order chi connectivity index (χ0) is 23.9. The molecule has 1 aliphatic carbocycles. The minimum Gasteiger partial charge on any atom is -0.398 e. The monoisotopic (exact) mass is 449 g/mol. The number of fused-ring (bicyclic) bond motifs is 1. The van der Waals surface area contributed by atoms with Gasteiger partial charge in [0.25, 0.3) is 0 Å².